The smallest absolute Gasteiger partial charge is 0.144 e. The van der Waals surface area contributed by atoms with Crippen molar-refractivity contribution in [1.82, 2.24) is 19.5 Å². The van der Waals surface area contributed by atoms with Crippen molar-refractivity contribution in [3.63, 3.8) is 0 Å². The maximum absolute atomic E-state index is 4.37. The number of nitrogens with zero attached hydrogens (tertiary/aromatic N) is 4. The molecule has 0 fully saturated rings. The van der Waals surface area contributed by atoms with Crippen molar-refractivity contribution in [2.45, 2.75) is 26.2 Å². The molecule has 1 aliphatic rings. The molecule has 0 saturated heterocycles. The average Bonchev–Trinajstić information content (AvgIpc) is 2.85. The number of rotatable bonds is 1. The van der Waals surface area contributed by atoms with Gasteiger partial charge in [-0.15, -0.1) is 0 Å². The van der Waals surface area contributed by atoms with E-state index >= 15 is 0 Å². The van der Waals surface area contributed by atoms with Crippen LogP contribution in [0.5, 0.6) is 0 Å². The molecule has 0 spiro atoms. The van der Waals surface area contributed by atoms with Crippen LogP contribution in [0.15, 0.2) is 18.7 Å². The molecule has 0 atom stereocenters. The van der Waals surface area contributed by atoms with Gasteiger partial charge in [-0.2, -0.15) is 0 Å². The number of hydrogen-bond acceptors (Lipinski definition) is 3. The van der Waals surface area contributed by atoms with Gasteiger partial charge >= 0.3 is 0 Å². The molecule has 15 heavy (non-hydrogen) atoms. The van der Waals surface area contributed by atoms with E-state index in [1.54, 1.807) is 12.5 Å². The third kappa shape index (κ3) is 1.25. The number of fused-ring (bicyclic) bond motifs is 1. The first kappa shape index (κ1) is 8.59. The normalized spacial score (nSPS) is 14.2. The highest BCUT2D eigenvalue weighted by Crippen LogP contribution is 2.24. The van der Waals surface area contributed by atoms with E-state index in [9.17, 15) is 0 Å². The molecule has 0 amide bonds. The van der Waals surface area contributed by atoms with Crippen molar-refractivity contribution in [2.24, 2.45) is 0 Å². The Bertz CT molecular complexity index is 501. The third-order valence-corrected chi connectivity index (χ3v) is 2.91. The van der Waals surface area contributed by atoms with Crippen molar-refractivity contribution in [3.05, 3.63) is 35.8 Å². The quantitative estimate of drug-likeness (QED) is 0.700. The standard InChI is InChI=1S/C11H12N4/c1-8-12-5-6-15(8)11-9-3-2-4-10(9)13-7-14-11/h5-7H,2-4H2,1H3. The summed E-state index contributed by atoms with van der Waals surface area (Å²) in [5.74, 6) is 1.98. The lowest BCUT2D eigenvalue weighted by Crippen LogP contribution is -2.04. The van der Waals surface area contributed by atoms with Crippen LogP contribution < -0.4 is 0 Å². The highest BCUT2D eigenvalue weighted by Gasteiger charge is 2.18. The summed E-state index contributed by atoms with van der Waals surface area (Å²) >= 11 is 0. The molecular weight excluding hydrogens is 188 g/mol. The molecule has 0 saturated carbocycles. The Morgan fingerprint density at radius 3 is 2.93 bits per heavy atom. The van der Waals surface area contributed by atoms with E-state index in [1.165, 1.54) is 17.7 Å². The minimum Gasteiger partial charge on any atom is -0.288 e. The summed E-state index contributed by atoms with van der Waals surface area (Å²) in [5, 5.41) is 0. The zero-order valence-corrected chi connectivity index (χ0v) is 8.64. The Hall–Kier alpha value is -1.71. The van der Waals surface area contributed by atoms with Gasteiger partial charge < -0.3 is 0 Å². The molecule has 3 rings (SSSR count). The Morgan fingerprint density at radius 2 is 2.13 bits per heavy atom. The van der Waals surface area contributed by atoms with E-state index in [0.29, 0.717) is 0 Å². The molecule has 0 N–H and O–H groups in total. The van der Waals surface area contributed by atoms with Crippen molar-refractivity contribution in [1.29, 1.82) is 0 Å². The minimum atomic E-state index is 0.975. The molecular formula is C11H12N4. The molecule has 2 aromatic rings. The van der Waals surface area contributed by atoms with Crippen molar-refractivity contribution in [3.8, 4) is 5.82 Å². The van der Waals surface area contributed by atoms with Crippen LogP contribution in [0.25, 0.3) is 5.82 Å². The fourth-order valence-electron chi connectivity index (χ4n) is 2.15. The molecule has 0 radical (unpaired) electrons. The van der Waals surface area contributed by atoms with Crippen molar-refractivity contribution >= 4 is 0 Å². The van der Waals surface area contributed by atoms with Crippen LogP contribution in [0.1, 0.15) is 23.5 Å². The SMILES string of the molecule is Cc1nccn1-c1ncnc2c1CCC2. The first-order valence-corrected chi connectivity index (χ1v) is 5.19. The lowest BCUT2D eigenvalue weighted by atomic mass is 10.2. The van der Waals surface area contributed by atoms with Gasteiger partial charge in [-0.1, -0.05) is 0 Å². The largest absolute Gasteiger partial charge is 0.288 e. The Kier molecular flexibility index (Phi) is 1.80. The van der Waals surface area contributed by atoms with Crippen LogP contribution >= 0.6 is 0 Å². The first-order chi connectivity index (χ1) is 7.36. The molecule has 76 valence electrons. The highest BCUT2D eigenvalue weighted by atomic mass is 15.1. The lowest BCUT2D eigenvalue weighted by molar-refractivity contribution is 0.883. The zero-order chi connectivity index (χ0) is 10.3. The van der Waals surface area contributed by atoms with Gasteiger partial charge in [0.15, 0.2) is 0 Å². The molecule has 2 heterocycles. The van der Waals surface area contributed by atoms with E-state index in [-0.39, 0.29) is 0 Å². The van der Waals surface area contributed by atoms with Gasteiger partial charge in [0.25, 0.3) is 0 Å². The fourth-order valence-corrected chi connectivity index (χ4v) is 2.15. The molecule has 0 unspecified atom stereocenters. The zero-order valence-electron chi connectivity index (χ0n) is 8.64. The summed E-state index contributed by atoms with van der Waals surface area (Å²) in [6.45, 7) is 1.99. The van der Waals surface area contributed by atoms with E-state index in [0.717, 1.165) is 24.5 Å². The van der Waals surface area contributed by atoms with Crippen LogP contribution in [-0.4, -0.2) is 19.5 Å². The number of aromatic nitrogens is 4. The second kappa shape index (κ2) is 3.15. The Balaban J connectivity index is 2.21. The van der Waals surface area contributed by atoms with E-state index in [4.69, 9.17) is 0 Å². The van der Waals surface area contributed by atoms with Gasteiger partial charge in [-0.3, -0.25) is 4.57 Å². The second-order valence-corrected chi connectivity index (χ2v) is 3.82. The molecule has 4 heteroatoms. The topological polar surface area (TPSA) is 43.6 Å². The van der Waals surface area contributed by atoms with Crippen molar-refractivity contribution in [2.75, 3.05) is 0 Å². The number of imidazole rings is 1. The lowest BCUT2D eigenvalue weighted by Gasteiger charge is -2.08. The van der Waals surface area contributed by atoms with E-state index in [1.807, 2.05) is 17.7 Å². The highest BCUT2D eigenvalue weighted by molar-refractivity contribution is 5.40. The van der Waals surface area contributed by atoms with Gasteiger partial charge in [0.1, 0.15) is 18.0 Å². The predicted molar refractivity (Wildman–Crippen MR) is 55.9 cm³/mol. The maximum atomic E-state index is 4.37. The first-order valence-electron chi connectivity index (χ1n) is 5.19. The molecule has 4 nitrogen and oxygen atoms in total. The number of aryl methyl sites for hydroxylation is 2. The second-order valence-electron chi connectivity index (χ2n) is 3.82. The Labute approximate surface area is 88.0 Å². The summed E-state index contributed by atoms with van der Waals surface area (Å²) in [7, 11) is 0. The summed E-state index contributed by atoms with van der Waals surface area (Å²) in [4.78, 5) is 12.9. The van der Waals surface area contributed by atoms with Crippen LogP contribution in [0.2, 0.25) is 0 Å². The number of hydrogen-bond donors (Lipinski definition) is 0. The minimum absolute atomic E-state index is 0.975. The van der Waals surface area contributed by atoms with Crippen LogP contribution in [0, 0.1) is 6.92 Å². The monoisotopic (exact) mass is 200 g/mol. The summed E-state index contributed by atoms with van der Waals surface area (Å²) < 4.78 is 2.03. The summed E-state index contributed by atoms with van der Waals surface area (Å²) in [6, 6.07) is 0. The van der Waals surface area contributed by atoms with Crippen LogP contribution in [0.3, 0.4) is 0 Å². The molecule has 2 aromatic heterocycles. The van der Waals surface area contributed by atoms with Crippen LogP contribution in [-0.2, 0) is 12.8 Å². The summed E-state index contributed by atoms with van der Waals surface area (Å²) in [5.41, 5.74) is 2.49. The molecule has 0 aliphatic heterocycles. The Morgan fingerprint density at radius 1 is 1.20 bits per heavy atom. The third-order valence-electron chi connectivity index (χ3n) is 2.91. The fraction of sp³-hybridized carbons (Fsp3) is 0.364. The summed E-state index contributed by atoms with van der Waals surface area (Å²) in [6.07, 6.45) is 8.77. The van der Waals surface area contributed by atoms with Gasteiger partial charge in [-0.25, -0.2) is 15.0 Å². The molecule has 0 bridgehead atoms. The van der Waals surface area contributed by atoms with Gasteiger partial charge in [-0.05, 0) is 26.2 Å². The molecule has 0 aromatic carbocycles. The van der Waals surface area contributed by atoms with Crippen molar-refractivity contribution < 1.29 is 0 Å². The van der Waals surface area contributed by atoms with E-state index in [2.05, 4.69) is 15.0 Å². The molecule has 1 aliphatic carbocycles. The van der Waals surface area contributed by atoms with Gasteiger partial charge in [0, 0.05) is 23.7 Å². The van der Waals surface area contributed by atoms with E-state index < -0.39 is 0 Å². The maximum Gasteiger partial charge on any atom is 0.144 e. The van der Waals surface area contributed by atoms with Crippen LogP contribution in [0.4, 0.5) is 0 Å². The van der Waals surface area contributed by atoms with Gasteiger partial charge in [0.05, 0.1) is 0 Å². The average molecular weight is 200 g/mol. The van der Waals surface area contributed by atoms with Gasteiger partial charge in [0.2, 0.25) is 0 Å². The predicted octanol–water partition coefficient (Wildman–Crippen LogP) is 1.46.